The van der Waals surface area contributed by atoms with Crippen LogP contribution in [-0.2, 0) is 4.79 Å². The van der Waals surface area contributed by atoms with Crippen LogP contribution in [0.2, 0.25) is 0 Å². The smallest absolute Gasteiger partial charge is 0.277 e. The molecule has 2 aromatic carbocycles. The Morgan fingerprint density at radius 2 is 1.86 bits per heavy atom. The Morgan fingerprint density at radius 1 is 1.14 bits per heavy atom. The SMILES string of the molecule is COc1ccccc1-c1nnc(SC(C)C(=O)Nc2ccc(N(C)C)cc2)o1. The van der Waals surface area contributed by atoms with Gasteiger partial charge in [0, 0.05) is 25.5 Å². The fourth-order valence-electron chi connectivity index (χ4n) is 2.48. The van der Waals surface area contributed by atoms with Crippen molar-refractivity contribution in [1.29, 1.82) is 0 Å². The van der Waals surface area contributed by atoms with E-state index in [-0.39, 0.29) is 5.91 Å². The Bertz CT molecular complexity index is 941. The van der Waals surface area contributed by atoms with Gasteiger partial charge in [-0.3, -0.25) is 4.79 Å². The van der Waals surface area contributed by atoms with Gasteiger partial charge in [0.2, 0.25) is 5.91 Å². The number of rotatable bonds is 7. The first kappa shape index (κ1) is 19.8. The lowest BCUT2D eigenvalue weighted by molar-refractivity contribution is -0.115. The lowest BCUT2D eigenvalue weighted by Crippen LogP contribution is -2.22. The molecule has 1 amide bonds. The predicted molar refractivity (Wildman–Crippen MR) is 111 cm³/mol. The Morgan fingerprint density at radius 3 is 2.54 bits per heavy atom. The predicted octanol–water partition coefficient (Wildman–Crippen LogP) is 3.93. The summed E-state index contributed by atoms with van der Waals surface area (Å²) < 4.78 is 11.0. The van der Waals surface area contributed by atoms with Crippen LogP contribution in [0.3, 0.4) is 0 Å². The number of amides is 1. The highest BCUT2D eigenvalue weighted by atomic mass is 32.2. The summed E-state index contributed by atoms with van der Waals surface area (Å²) in [5.74, 6) is 0.862. The number of benzene rings is 2. The Kier molecular flexibility index (Phi) is 6.20. The van der Waals surface area contributed by atoms with Crippen LogP contribution in [0.4, 0.5) is 11.4 Å². The number of ether oxygens (including phenoxy) is 1. The summed E-state index contributed by atoms with van der Waals surface area (Å²) in [6, 6.07) is 15.0. The first-order valence-electron chi connectivity index (χ1n) is 8.69. The first-order valence-corrected chi connectivity index (χ1v) is 9.57. The third kappa shape index (κ3) is 4.64. The molecule has 3 rings (SSSR count). The molecule has 146 valence electrons. The molecule has 1 aromatic heterocycles. The van der Waals surface area contributed by atoms with E-state index in [1.165, 1.54) is 11.8 Å². The van der Waals surface area contributed by atoms with Gasteiger partial charge >= 0.3 is 0 Å². The highest BCUT2D eigenvalue weighted by molar-refractivity contribution is 8.00. The zero-order valence-electron chi connectivity index (χ0n) is 16.2. The van der Waals surface area contributed by atoms with E-state index in [2.05, 4.69) is 15.5 Å². The van der Waals surface area contributed by atoms with Gasteiger partial charge in [0.25, 0.3) is 11.1 Å². The van der Waals surface area contributed by atoms with Gasteiger partial charge in [0.05, 0.1) is 17.9 Å². The van der Waals surface area contributed by atoms with Crippen LogP contribution >= 0.6 is 11.8 Å². The van der Waals surface area contributed by atoms with Gasteiger partial charge in [-0.15, -0.1) is 10.2 Å². The van der Waals surface area contributed by atoms with Gasteiger partial charge < -0.3 is 19.4 Å². The number of thioether (sulfide) groups is 1. The Hall–Kier alpha value is -3.00. The number of nitrogens with one attached hydrogen (secondary N) is 1. The number of anilines is 2. The number of para-hydroxylation sites is 1. The van der Waals surface area contributed by atoms with Crippen LogP contribution in [0.25, 0.3) is 11.5 Å². The zero-order chi connectivity index (χ0) is 20.1. The minimum absolute atomic E-state index is 0.139. The molecule has 0 aliphatic carbocycles. The fraction of sp³-hybridized carbons (Fsp3) is 0.250. The fourth-order valence-corrected chi connectivity index (χ4v) is 3.16. The molecule has 1 unspecified atom stereocenters. The summed E-state index contributed by atoms with van der Waals surface area (Å²) >= 11 is 1.21. The van der Waals surface area contributed by atoms with E-state index in [0.29, 0.717) is 22.4 Å². The molecular weight excluding hydrogens is 376 g/mol. The van der Waals surface area contributed by atoms with Crippen molar-refractivity contribution >= 4 is 29.0 Å². The monoisotopic (exact) mass is 398 g/mol. The molecule has 0 aliphatic heterocycles. The van der Waals surface area contributed by atoms with Crippen molar-refractivity contribution in [2.75, 3.05) is 31.4 Å². The van der Waals surface area contributed by atoms with E-state index in [9.17, 15) is 4.79 Å². The number of carbonyl (C=O) groups is 1. The van der Waals surface area contributed by atoms with Gasteiger partial charge in [-0.05, 0) is 43.3 Å². The van der Waals surface area contributed by atoms with Gasteiger partial charge in [-0.1, -0.05) is 23.9 Å². The highest BCUT2D eigenvalue weighted by Crippen LogP contribution is 2.31. The van der Waals surface area contributed by atoms with Crippen molar-refractivity contribution in [3.8, 4) is 17.2 Å². The van der Waals surface area contributed by atoms with Crippen molar-refractivity contribution < 1.29 is 13.9 Å². The summed E-state index contributed by atoms with van der Waals surface area (Å²) in [6.07, 6.45) is 0. The molecule has 0 aliphatic rings. The molecule has 0 bridgehead atoms. The van der Waals surface area contributed by atoms with Crippen LogP contribution in [0, 0.1) is 0 Å². The van der Waals surface area contributed by atoms with Crippen LogP contribution in [0.5, 0.6) is 5.75 Å². The van der Waals surface area contributed by atoms with E-state index in [1.807, 2.05) is 67.5 Å². The lowest BCUT2D eigenvalue weighted by atomic mass is 10.2. The van der Waals surface area contributed by atoms with Crippen LogP contribution in [-0.4, -0.2) is 42.6 Å². The van der Waals surface area contributed by atoms with Crippen LogP contribution in [0.1, 0.15) is 6.92 Å². The zero-order valence-corrected chi connectivity index (χ0v) is 17.0. The molecule has 0 fully saturated rings. The third-order valence-electron chi connectivity index (χ3n) is 4.04. The first-order chi connectivity index (χ1) is 13.5. The van der Waals surface area contributed by atoms with Crippen molar-refractivity contribution in [2.45, 2.75) is 17.4 Å². The average molecular weight is 398 g/mol. The molecule has 1 heterocycles. The van der Waals surface area contributed by atoms with Crippen LogP contribution < -0.4 is 15.0 Å². The van der Waals surface area contributed by atoms with Crippen LogP contribution in [0.15, 0.2) is 58.2 Å². The van der Waals surface area contributed by atoms with Gasteiger partial charge in [-0.25, -0.2) is 0 Å². The molecule has 0 saturated carbocycles. The lowest BCUT2D eigenvalue weighted by Gasteiger charge is -2.14. The number of hydrogen-bond acceptors (Lipinski definition) is 7. The summed E-state index contributed by atoms with van der Waals surface area (Å²) in [6.45, 7) is 1.79. The Balaban J connectivity index is 1.63. The van der Waals surface area contributed by atoms with E-state index < -0.39 is 5.25 Å². The van der Waals surface area contributed by atoms with Gasteiger partial charge in [0.15, 0.2) is 0 Å². The van der Waals surface area contributed by atoms with Crippen molar-refractivity contribution in [1.82, 2.24) is 10.2 Å². The number of nitrogens with zero attached hydrogens (tertiary/aromatic N) is 3. The largest absolute Gasteiger partial charge is 0.496 e. The molecule has 1 N–H and O–H groups in total. The maximum Gasteiger partial charge on any atom is 0.277 e. The molecule has 28 heavy (non-hydrogen) atoms. The summed E-state index contributed by atoms with van der Waals surface area (Å²) in [5.41, 5.74) is 2.51. The molecule has 7 nitrogen and oxygen atoms in total. The quantitative estimate of drug-likeness (QED) is 0.604. The molecule has 0 spiro atoms. The second-order valence-electron chi connectivity index (χ2n) is 6.26. The second kappa shape index (κ2) is 8.79. The van der Waals surface area contributed by atoms with E-state index in [0.717, 1.165) is 11.4 Å². The topological polar surface area (TPSA) is 80.5 Å². The molecular formula is C20H22N4O3S. The Labute approximate surface area is 168 Å². The molecule has 0 radical (unpaired) electrons. The van der Waals surface area contributed by atoms with Crippen molar-refractivity contribution in [3.63, 3.8) is 0 Å². The maximum atomic E-state index is 12.5. The second-order valence-corrected chi connectivity index (χ2v) is 7.56. The third-order valence-corrected chi connectivity index (χ3v) is 4.98. The van der Waals surface area contributed by atoms with Gasteiger partial charge in [0.1, 0.15) is 5.75 Å². The average Bonchev–Trinajstić information content (AvgIpc) is 3.16. The minimum Gasteiger partial charge on any atom is -0.496 e. The van der Waals surface area contributed by atoms with E-state index in [4.69, 9.17) is 9.15 Å². The summed E-state index contributed by atoms with van der Waals surface area (Å²) in [5, 5.41) is 10.9. The molecule has 0 saturated heterocycles. The number of carbonyl (C=O) groups excluding carboxylic acids is 1. The number of hydrogen-bond donors (Lipinski definition) is 1. The molecule has 3 aromatic rings. The highest BCUT2D eigenvalue weighted by Gasteiger charge is 2.20. The van der Waals surface area contributed by atoms with E-state index in [1.54, 1.807) is 14.0 Å². The number of methoxy groups -OCH3 is 1. The van der Waals surface area contributed by atoms with E-state index >= 15 is 0 Å². The summed E-state index contributed by atoms with van der Waals surface area (Å²) in [4.78, 5) is 14.5. The maximum absolute atomic E-state index is 12.5. The standard InChI is InChI=1S/C20H22N4O3S/c1-13(18(25)21-14-9-11-15(12-10-14)24(2)3)28-20-23-22-19(27-20)16-7-5-6-8-17(16)26-4/h5-13H,1-4H3,(H,21,25). The van der Waals surface area contributed by atoms with Gasteiger partial charge in [-0.2, -0.15) is 0 Å². The van der Waals surface area contributed by atoms with Crippen molar-refractivity contribution in [2.24, 2.45) is 0 Å². The number of aromatic nitrogens is 2. The molecule has 8 heteroatoms. The summed E-state index contributed by atoms with van der Waals surface area (Å²) in [7, 11) is 5.52. The minimum atomic E-state index is -0.403. The normalized spacial score (nSPS) is 11.7. The molecule has 1 atom stereocenters. The van der Waals surface area contributed by atoms with Crippen molar-refractivity contribution in [3.05, 3.63) is 48.5 Å².